The van der Waals surface area contributed by atoms with Gasteiger partial charge in [0.25, 0.3) is 5.91 Å². The van der Waals surface area contributed by atoms with Gasteiger partial charge in [-0.1, -0.05) is 32.0 Å². The van der Waals surface area contributed by atoms with E-state index in [2.05, 4.69) is 5.32 Å². The second-order valence-electron chi connectivity index (χ2n) is 6.33. The Balaban J connectivity index is 2.33. The normalized spacial score (nSPS) is 11.0. The molecule has 0 aliphatic carbocycles. The summed E-state index contributed by atoms with van der Waals surface area (Å²) in [6.07, 6.45) is 1.24. The van der Waals surface area contributed by atoms with Gasteiger partial charge in [-0.25, -0.2) is 0 Å². The minimum absolute atomic E-state index is 0.180. The number of nitriles is 1. The van der Waals surface area contributed by atoms with E-state index < -0.39 is 5.91 Å². The van der Waals surface area contributed by atoms with Crippen LogP contribution < -0.4 is 16.0 Å². The second-order valence-corrected chi connectivity index (χ2v) is 6.33. The number of benzene rings is 2. The number of carbonyl (C=O) groups excluding carboxylic acids is 2. The van der Waals surface area contributed by atoms with Crippen LogP contribution in [0.3, 0.4) is 0 Å². The number of nitrogen functional groups attached to an aromatic ring is 1. The largest absolute Gasteiger partial charge is 0.399 e. The van der Waals surface area contributed by atoms with E-state index in [1.807, 2.05) is 38.1 Å². The van der Waals surface area contributed by atoms with E-state index in [9.17, 15) is 14.9 Å². The first-order chi connectivity index (χ1) is 12.8. The fourth-order valence-electron chi connectivity index (χ4n) is 2.55. The van der Waals surface area contributed by atoms with Gasteiger partial charge in [-0.05, 0) is 41.8 Å². The first-order valence-electron chi connectivity index (χ1n) is 8.51. The highest BCUT2D eigenvalue weighted by atomic mass is 16.2. The number of para-hydroxylation sites is 1. The Bertz CT molecular complexity index is 909. The molecular weight excluding hydrogens is 340 g/mol. The zero-order chi connectivity index (χ0) is 20.0. The van der Waals surface area contributed by atoms with Gasteiger partial charge in [0.2, 0.25) is 5.91 Å². The van der Waals surface area contributed by atoms with Gasteiger partial charge >= 0.3 is 0 Å². The van der Waals surface area contributed by atoms with E-state index in [0.29, 0.717) is 17.1 Å². The van der Waals surface area contributed by atoms with E-state index in [1.54, 1.807) is 30.3 Å². The maximum absolute atomic E-state index is 12.6. The molecule has 2 rings (SSSR count). The van der Waals surface area contributed by atoms with Crippen LogP contribution in [0.5, 0.6) is 0 Å². The molecule has 0 saturated heterocycles. The summed E-state index contributed by atoms with van der Waals surface area (Å²) < 4.78 is 0. The van der Waals surface area contributed by atoms with E-state index in [1.165, 1.54) is 18.0 Å². The van der Waals surface area contributed by atoms with Crippen LogP contribution in [0.2, 0.25) is 0 Å². The lowest BCUT2D eigenvalue weighted by molar-refractivity contribution is -0.116. The number of nitrogens with one attached hydrogen (secondary N) is 1. The Morgan fingerprint density at radius 2 is 1.78 bits per heavy atom. The maximum Gasteiger partial charge on any atom is 0.267 e. The number of carbonyl (C=O) groups is 2. The molecule has 2 aromatic rings. The van der Waals surface area contributed by atoms with Gasteiger partial charge in [-0.3, -0.25) is 14.5 Å². The summed E-state index contributed by atoms with van der Waals surface area (Å²) in [5.74, 6) is -0.699. The molecule has 0 fully saturated rings. The molecule has 0 aromatic heterocycles. The summed E-state index contributed by atoms with van der Waals surface area (Å²) in [5, 5.41) is 12.2. The average Bonchev–Trinajstić information content (AvgIpc) is 2.63. The van der Waals surface area contributed by atoms with Crippen molar-refractivity contribution in [3.63, 3.8) is 0 Å². The van der Waals surface area contributed by atoms with Crippen molar-refractivity contribution >= 4 is 28.9 Å². The highest BCUT2D eigenvalue weighted by Crippen LogP contribution is 2.24. The van der Waals surface area contributed by atoms with Crippen LogP contribution >= 0.6 is 0 Å². The average molecular weight is 362 g/mol. The lowest BCUT2D eigenvalue weighted by Crippen LogP contribution is -2.25. The third kappa shape index (κ3) is 4.95. The molecule has 6 nitrogen and oxygen atoms in total. The molecule has 0 aliphatic heterocycles. The zero-order valence-corrected chi connectivity index (χ0v) is 15.6. The molecule has 6 heteroatoms. The summed E-state index contributed by atoms with van der Waals surface area (Å²) in [6.45, 7) is 5.39. The number of rotatable bonds is 5. The number of nitrogens with two attached hydrogens (primary N) is 1. The van der Waals surface area contributed by atoms with Crippen LogP contribution in [-0.4, -0.2) is 11.8 Å². The molecule has 2 amide bonds. The highest BCUT2D eigenvalue weighted by Gasteiger charge is 2.17. The standard InChI is InChI=1S/C21H22N4O2/c1-14(2)19-6-4-5-7-20(19)24-21(27)16(12-22)13-25(15(3)26)18-10-8-17(23)9-11-18/h4-11,13-14H,23H2,1-3H3,(H,24,27)/b16-13-. The summed E-state index contributed by atoms with van der Waals surface area (Å²) in [6, 6.07) is 15.9. The quantitative estimate of drug-likeness (QED) is 0.480. The van der Waals surface area contributed by atoms with Crippen LogP contribution in [-0.2, 0) is 9.59 Å². The van der Waals surface area contributed by atoms with Crippen molar-refractivity contribution < 1.29 is 9.59 Å². The highest BCUT2D eigenvalue weighted by molar-refractivity contribution is 6.08. The van der Waals surface area contributed by atoms with Gasteiger partial charge in [0.15, 0.2) is 0 Å². The molecule has 0 saturated carbocycles. The number of hydrogen-bond donors (Lipinski definition) is 2. The van der Waals surface area contributed by atoms with E-state index >= 15 is 0 Å². The van der Waals surface area contributed by atoms with E-state index in [-0.39, 0.29) is 17.4 Å². The molecule has 138 valence electrons. The lowest BCUT2D eigenvalue weighted by Gasteiger charge is -2.18. The Hall–Kier alpha value is -3.59. The Morgan fingerprint density at radius 3 is 2.33 bits per heavy atom. The van der Waals surface area contributed by atoms with Gasteiger partial charge in [0.05, 0.1) is 0 Å². The van der Waals surface area contributed by atoms with Crippen LogP contribution in [0, 0.1) is 11.3 Å². The van der Waals surface area contributed by atoms with Gasteiger partial charge in [0, 0.05) is 30.2 Å². The fraction of sp³-hybridized carbons (Fsp3) is 0.190. The first-order valence-corrected chi connectivity index (χ1v) is 8.51. The summed E-state index contributed by atoms with van der Waals surface area (Å²) in [4.78, 5) is 25.9. The smallest absolute Gasteiger partial charge is 0.267 e. The molecule has 0 radical (unpaired) electrons. The van der Waals surface area contributed by atoms with Crippen LogP contribution in [0.1, 0.15) is 32.3 Å². The lowest BCUT2D eigenvalue weighted by atomic mass is 10.0. The minimum Gasteiger partial charge on any atom is -0.399 e. The number of amides is 2. The van der Waals surface area contributed by atoms with Crippen molar-refractivity contribution in [3.8, 4) is 6.07 Å². The number of anilines is 3. The Kier molecular flexibility index (Phi) is 6.34. The van der Waals surface area contributed by atoms with E-state index in [4.69, 9.17) is 5.73 Å². The maximum atomic E-state index is 12.6. The van der Waals surface area contributed by atoms with Crippen LogP contribution in [0.4, 0.5) is 17.1 Å². The molecule has 0 spiro atoms. The molecule has 0 atom stereocenters. The Morgan fingerprint density at radius 1 is 1.15 bits per heavy atom. The number of hydrogen-bond acceptors (Lipinski definition) is 4. The predicted octanol–water partition coefficient (Wildman–Crippen LogP) is 3.79. The second kappa shape index (κ2) is 8.68. The van der Waals surface area contributed by atoms with Gasteiger partial charge in [0.1, 0.15) is 11.6 Å². The third-order valence-corrected chi connectivity index (χ3v) is 3.96. The van der Waals surface area contributed by atoms with Crippen LogP contribution in [0.15, 0.2) is 60.3 Å². The Labute approximate surface area is 158 Å². The minimum atomic E-state index is -0.577. The van der Waals surface area contributed by atoms with Gasteiger partial charge in [-0.2, -0.15) is 5.26 Å². The fourth-order valence-corrected chi connectivity index (χ4v) is 2.55. The molecular formula is C21H22N4O2. The zero-order valence-electron chi connectivity index (χ0n) is 15.6. The topological polar surface area (TPSA) is 99.2 Å². The van der Waals surface area contributed by atoms with Gasteiger partial charge < -0.3 is 11.1 Å². The van der Waals surface area contributed by atoms with Crippen molar-refractivity contribution in [2.45, 2.75) is 26.7 Å². The number of nitrogens with zero attached hydrogens (tertiary/aromatic N) is 2. The van der Waals surface area contributed by atoms with E-state index in [0.717, 1.165) is 5.56 Å². The summed E-state index contributed by atoms with van der Waals surface area (Å²) in [5.41, 5.74) is 8.15. The third-order valence-electron chi connectivity index (χ3n) is 3.96. The molecule has 0 bridgehead atoms. The first kappa shape index (κ1) is 19.7. The molecule has 2 aromatic carbocycles. The molecule has 27 heavy (non-hydrogen) atoms. The van der Waals surface area contributed by atoms with Crippen molar-refractivity contribution in [1.82, 2.24) is 0 Å². The summed E-state index contributed by atoms with van der Waals surface area (Å²) in [7, 11) is 0. The molecule has 0 heterocycles. The SMILES string of the molecule is CC(=O)N(/C=C(/C#N)C(=O)Nc1ccccc1C(C)C)c1ccc(N)cc1. The monoisotopic (exact) mass is 362 g/mol. The van der Waals surface area contributed by atoms with Crippen molar-refractivity contribution in [3.05, 3.63) is 65.9 Å². The van der Waals surface area contributed by atoms with Crippen molar-refractivity contribution in [2.75, 3.05) is 16.0 Å². The predicted molar refractivity (Wildman–Crippen MR) is 107 cm³/mol. The molecule has 0 unspecified atom stereocenters. The molecule has 0 aliphatic rings. The summed E-state index contributed by atoms with van der Waals surface area (Å²) >= 11 is 0. The van der Waals surface area contributed by atoms with Gasteiger partial charge in [-0.15, -0.1) is 0 Å². The van der Waals surface area contributed by atoms with Crippen molar-refractivity contribution in [1.29, 1.82) is 5.26 Å². The molecule has 3 N–H and O–H groups in total. The van der Waals surface area contributed by atoms with Crippen LogP contribution in [0.25, 0.3) is 0 Å². The van der Waals surface area contributed by atoms with Crippen molar-refractivity contribution in [2.24, 2.45) is 0 Å².